The molecule has 3 fully saturated rings. The van der Waals surface area contributed by atoms with Gasteiger partial charge in [-0.25, -0.2) is 4.79 Å². The fraction of sp³-hybridized carbons (Fsp3) is 0.478. The summed E-state index contributed by atoms with van der Waals surface area (Å²) in [4.78, 5) is 55.4. The van der Waals surface area contributed by atoms with E-state index in [1.54, 1.807) is 11.8 Å². The number of aromatic amines is 1. The van der Waals surface area contributed by atoms with Crippen LogP contribution in [0.2, 0.25) is 0 Å². The zero-order valence-corrected chi connectivity index (χ0v) is 19.1. The molecule has 2 saturated carbocycles. The number of hydrogen-bond donors (Lipinski definition) is 2. The first kappa shape index (κ1) is 20.2. The summed E-state index contributed by atoms with van der Waals surface area (Å²) in [5.74, 6) is -2.61. The van der Waals surface area contributed by atoms with E-state index in [-0.39, 0.29) is 45.6 Å². The van der Waals surface area contributed by atoms with Crippen molar-refractivity contribution in [2.75, 3.05) is 0 Å². The van der Waals surface area contributed by atoms with Crippen LogP contribution in [0.4, 0.5) is 0 Å². The van der Waals surface area contributed by atoms with E-state index in [4.69, 9.17) is 0 Å². The molecular weight excluding hydrogens is 448 g/mol. The van der Waals surface area contributed by atoms with Crippen LogP contribution in [0.15, 0.2) is 34.1 Å². The Balaban J connectivity index is 1.47. The van der Waals surface area contributed by atoms with Crippen LogP contribution in [0.5, 0.6) is 0 Å². The Morgan fingerprint density at radius 3 is 2.53 bits per heavy atom. The van der Waals surface area contributed by atoms with E-state index < -0.39 is 23.8 Å². The first-order chi connectivity index (χ1) is 15.3. The molecule has 8 atom stereocenters. The average Bonchev–Trinajstić information content (AvgIpc) is 3.47. The Morgan fingerprint density at radius 1 is 1.16 bits per heavy atom. The maximum atomic E-state index is 13.3. The molecule has 2 aliphatic carbocycles. The quantitative estimate of drug-likeness (QED) is 0.668. The SMILES string of the molecule is Cc1ccccc1[C@H]1c2sc(=O)[nH]c2S[C@H]2[C@@H]3C[C@@H]([C@H]4C(=O)N([C@@H](C)C(=O)O)C(=O)[C@H]34)[C@@H]12. The van der Waals surface area contributed by atoms with Crippen LogP contribution in [0.3, 0.4) is 0 Å². The highest BCUT2D eigenvalue weighted by atomic mass is 32.2. The summed E-state index contributed by atoms with van der Waals surface area (Å²) >= 11 is 2.88. The van der Waals surface area contributed by atoms with E-state index >= 15 is 0 Å². The van der Waals surface area contributed by atoms with Crippen molar-refractivity contribution in [3.63, 3.8) is 0 Å². The Labute approximate surface area is 192 Å². The zero-order valence-electron chi connectivity index (χ0n) is 17.5. The van der Waals surface area contributed by atoms with Gasteiger partial charge in [0.2, 0.25) is 11.8 Å². The number of nitrogens with zero attached hydrogens (tertiary/aromatic N) is 1. The number of carbonyl (C=O) groups excluding carboxylic acids is 2. The molecule has 3 heterocycles. The number of aliphatic carboxylic acids is 1. The third-order valence-electron chi connectivity index (χ3n) is 8.03. The Bertz CT molecular complexity index is 1230. The van der Waals surface area contributed by atoms with Crippen molar-refractivity contribution in [1.29, 1.82) is 0 Å². The third-order valence-corrected chi connectivity index (χ3v) is 10.6. The predicted octanol–water partition coefficient (Wildman–Crippen LogP) is 2.69. The van der Waals surface area contributed by atoms with E-state index in [2.05, 4.69) is 24.0 Å². The maximum absolute atomic E-state index is 13.3. The number of likely N-dealkylation sites (tertiary alicyclic amines) is 1. The summed E-state index contributed by atoms with van der Waals surface area (Å²) in [6.07, 6.45) is 0.798. The molecule has 4 aliphatic rings. The summed E-state index contributed by atoms with van der Waals surface area (Å²) in [5, 5.41) is 10.4. The molecule has 2 amide bonds. The smallest absolute Gasteiger partial charge is 0.326 e. The van der Waals surface area contributed by atoms with Crippen LogP contribution in [-0.4, -0.2) is 44.1 Å². The molecule has 32 heavy (non-hydrogen) atoms. The zero-order chi connectivity index (χ0) is 22.5. The van der Waals surface area contributed by atoms with Crippen molar-refractivity contribution in [2.24, 2.45) is 29.6 Å². The van der Waals surface area contributed by atoms with Crippen LogP contribution >= 0.6 is 23.1 Å². The molecule has 2 aromatic rings. The molecule has 1 aromatic carbocycles. The minimum atomic E-state index is -1.16. The number of aryl methyl sites for hydroxylation is 1. The number of amides is 2. The molecule has 2 N–H and O–H groups in total. The first-order valence-corrected chi connectivity index (χ1v) is 12.5. The van der Waals surface area contributed by atoms with E-state index in [0.717, 1.165) is 32.4 Å². The van der Waals surface area contributed by atoms with Crippen molar-refractivity contribution in [3.05, 3.63) is 49.9 Å². The van der Waals surface area contributed by atoms with E-state index in [1.807, 2.05) is 12.1 Å². The van der Waals surface area contributed by atoms with Crippen molar-refractivity contribution in [3.8, 4) is 0 Å². The lowest BCUT2D eigenvalue weighted by Gasteiger charge is -2.43. The van der Waals surface area contributed by atoms with Crippen molar-refractivity contribution in [2.45, 2.75) is 42.5 Å². The lowest BCUT2D eigenvalue weighted by molar-refractivity contribution is -0.154. The van der Waals surface area contributed by atoms with Gasteiger partial charge in [0.1, 0.15) is 6.04 Å². The highest BCUT2D eigenvalue weighted by molar-refractivity contribution is 8.00. The van der Waals surface area contributed by atoms with Gasteiger partial charge in [-0.1, -0.05) is 35.6 Å². The minimum Gasteiger partial charge on any atom is -0.480 e. The molecule has 1 aromatic heterocycles. The van der Waals surface area contributed by atoms with E-state index in [1.165, 1.54) is 18.3 Å². The third kappa shape index (κ3) is 2.49. The van der Waals surface area contributed by atoms with Crippen LogP contribution in [-0.2, 0) is 14.4 Å². The van der Waals surface area contributed by atoms with Crippen LogP contribution in [0.25, 0.3) is 0 Å². The number of carbonyl (C=O) groups is 3. The second-order valence-electron chi connectivity index (χ2n) is 9.38. The van der Waals surface area contributed by atoms with Crippen LogP contribution < -0.4 is 4.87 Å². The standard InChI is InChI=1S/C23H22N2O5S2/c1-8-5-3-4-6-10(8)13-14-11-7-12(17(14)31-19-18(13)32-23(30)24-19)16-15(11)20(26)25(21(16)27)9(2)22(28)29/h3-6,9,11-17H,7H2,1-2H3,(H,24,30)(H,28,29)/t9-,11+,12+,13+,14-,15+,16+,17-/m0/s1. The Hall–Kier alpha value is -2.39. The number of rotatable bonds is 3. The van der Waals surface area contributed by atoms with Gasteiger partial charge in [-0.3, -0.25) is 19.3 Å². The number of thiazole rings is 1. The van der Waals surface area contributed by atoms with Crippen LogP contribution in [0, 0.1) is 36.5 Å². The Kier molecular flexibility index (Phi) is 4.30. The van der Waals surface area contributed by atoms with Gasteiger partial charge >= 0.3 is 10.8 Å². The normalized spacial score (nSPS) is 35.6. The summed E-state index contributed by atoms with van der Waals surface area (Å²) in [5.41, 5.74) is 2.31. The topological polar surface area (TPSA) is 108 Å². The Morgan fingerprint density at radius 2 is 1.84 bits per heavy atom. The summed E-state index contributed by atoms with van der Waals surface area (Å²) in [6, 6.07) is 7.02. The highest BCUT2D eigenvalue weighted by Crippen LogP contribution is 2.68. The highest BCUT2D eigenvalue weighted by Gasteiger charge is 2.70. The van der Waals surface area contributed by atoms with Gasteiger partial charge in [0.05, 0.1) is 16.9 Å². The fourth-order valence-corrected chi connectivity index (χ4v) is 9.70. The summed E-state index contributed by atoms with van der Waals surface area (Å²) in [7, 11) is 0. The van der Waals surface area contributed by atoms with Gasteiger partial charge in [-0.05, 0) is 49.1 Å². The number of hydrogen-bond acceptors (Lipinski definition) is 6. The van der Waals surface area contributed by atoms with Crippen molar-refractivity contribution >= 4 is 40.9 Å². The first-order valence-electron chi connectivity index (χ1n) is 10.8. The minimum absolute atomic E-state index is 0.0000898. The predicted molar refractivity (Wildman–Crippen MR) is 119 cm³/mol. The molecule has 2 aliphatic heterocycles. The van der Waals surface area contributed by atoms with E-state index in [9.17, 15) is 24.3 Å². The van der Waals surface area contributed by atoms with Crippen molar-refractivity contribution < 1.29 is 19.5 Å². The van der Waals surface area contributed by atoms with Crippen LogP contribution in [0.1, 0.15) is 35.3 Å². The molecule has 166 valence electrons. The fourth-order valence-electron chi connectivity index (χ4n) is 6.82. The van der Waals surface area contributed by atoms with E-state index in [0.29, 0.717) is 0 Å². The number of fused-ring (bicyclic) bond motifs is 9. The molecule has 9 heteroatoms. The van der Waals surface area contributed by atoms with Gasteiger partial charge in [-0.2, -0.15) is 0 Å². The molecule has 2 bridgehead atoms. The largest absolute Gasteiger partial charge is 0.480 e. The van der Waals surface area contributed by atoms with Gasteiger partial charge < -0.3 is 10.1 Å². The number of imide groups is 1. The van der Waals surface area contributed by atoms with Gasteiger partial charge in [0, 0.05) is 16.0 Å². The molecule has 0 spiro atoms. The van der Waals surface area contributed by atoms with Gasteiger partial charge in [0.15, 0.2) is 0 Å². The number of nitrogens with one attached hydrogen (secondary N) is 1. The number of thioether (sulfide) groups is 1. The number of benzene rings is 1. The summed E-state index contributed by atoms with van der Waals surface area (Å²) < 4.78 is 0. The lowest BCUT2D eigenvalue weighted by atomic mass is 9.67. The second-order valence-corrected chi connectivity index (χ2v) is 11.6. The molecule has 1 saturated heterocycles. The average molecular weight is 471 g/mol. The molecule has 6 rings (SSSR count). The number of carboxylic acids is 1. The maximum Gasteiger partial charge on any atom is 0.326 e. The van der Waals surface area contributed by atoms with Gasteiger partial charge in [-0.15, -0.1) is 11.8 Å². The molecule has 7 nitrogen and oxygen atoms in total. The number of carboxylic acid groups (broad SMARTS) is 1. The molecular formula is C23H22N2O5S2. The second kappa shape index (κ2) is 6.81. The lowest BCUT2D eigenvalue weighted by Crippen LogP contribution is -2.44. The summed E-state index contributed by atoms with van der Waals surface area (Å²) in [6.45, 7) is 3.47. The monoisotopic (exact) mass is 470 g/mol. The van der Waals surface area contributed by atoms with Crippen molar-refractivity contribution in [1.82, 2.24) is 9.88 Å². The number of H-pyrrole nitrogens is 1. The number of aromatic nitrogens is 1. The van der Waals surface area contributed by atoms with Gasteiger partial charge in [0.25, 0.3) is 0 Å². The molecule has 0 unspecified atom stereocenters. The molecule has 0 radical (unpaired) electrons.